The third-order valence-electron chi connectivity index (χ3n) is 2.33. The Balaban J connectivity index is 2.17. The maximum atomic E-state index is 11.9. The number of nitrogens with two attached hydrogens (primary N) is 1. The lowest BCUT2D eigenvalue weighted by Gasteiger charge is -2.07. The fraction of sp³-hybridized carbons (Fsp3) is 0.100. The summed E-state index contributed by atoms with van der Waals surface area (Å²) >= 11 is 0. The molecule has 0 amide bonds. The van der Waals surface area contributed by atoms with E-state index >= 15 is 0 Å². The summed E-state index contributed by atoms with van der Waals surface area (Å²) in [5, 5.41) is 15.5. The Bertz CT molecular complexity index is 637. The second-order valence-electron chi connectivity index (χ2n) is 3.65. The van der Waals surface area contributed by atoms with Crippen LogP contribution in [0.3, 0.4) is 0 Å². The van der Waals surface area contributed by atoms with Crippen LogP contribution in [0.2, 0.25) is 0 Å². The van der Waals surface area contributed by atoms with Gasteiger partial charge in [0.05, 0.1) is 16.8 Å². The summed E-state index contributed by atoms with van der Waals surface area (Å²) in [6.45, 7) is 0.125. The molecule has 1 heterocycles. The number of nitrogen functional groups attached to an aromatic ring is 1. The first-order valence-electron chi connectivity index (χ1n) is 5.05. The van der Waals surface area contributed by atoms with Gasteiger partial charge in [-0.25, -0.2) is 13.1 Å². The Labute approximate surface area is 104 Å². The predicted molar refractivity (Wildman–Crippen MR) is 65.1 cm³/mol. The Hall–Kier alpha value is -2.06. The van der Waals surface area contributed by atoms with Gasteiger partial charge >= 0.3 is 0 Å². The number of aromatic hydroxyl groups is 1. The molecule has 2 rings (SSSR count). The van der Waals surface area contributed by atoms with E-state index in [0.717, 1.165) is 0 Å². The minimum atomic E-state index is -3.66. The first-order chi connectivity index (χ1) is 8.49. The zero-order valence-corrected chi connectivity index (χ0v) is 10.1. The van der Waals surface area contributed by atoms with Crippen LogP contribution in [0.25, 0.3) is 0 Å². The molecule has 0 spiro atoms. The molecule has 1 aromatic heterocycles. The lowest BCUT2D eigenvalue weighted by atomic mass is 10.3. The van der Waals surface area contributed by atoms with Gasteiger partial charge in [0.1, 0.15) is 5.75 Å². The minimum Gasteiger partial charge on any atom is -0.506 e. The normalized spacial score (nSPS) is 11.6. The van der Waals surface area contributed by atoms with Crippen LogP contribution in [0, 0.1) is 0 Å². The van der Waals surface area contributed by atoms with Crippen molar-refractivity contribution < 1.29 is 13.5 Å². The average molecular weight is 268 g/mol. The summed E-state index contributed by atoms with van der Waals surface area (Å²) in [5.74, 6) is -0.149. The number of aromatic nitrogens is 2. The van der Waals surface area contributed by atoms with Gasteiger partial charge in [-0.05, 0) is 18.2 Å². The van der Waals surface area contributed by atoms with Crippen LogP contribution in [-0.2, 0) is 16.6 Å². The smallest absolute Gasteiger partial charge is 0.240 e. The fourth-order valence-corrected chi connectivity index (χ4v) is 2.39. The molecular weight excluding hydrogens is 256 g/mol. The van der Waals surface area contributed by atoms with Crippen molar-refractivity contribution in [1.82, 2.24) is 14.9 Å². The van der Waals surface area contributed by atoms with E-state index in [2.05, 4.69) is 14.9 Å². The Morgan fingerprint density at radius 1 is 1.44 bits per heavy atom. The molecule has 7 nitrogen and oxygen atoms in total. The van der Waals surface area contributed by atoms with Crippen molar-refractivity contribution in [3.8, 4) is 5.75 Å². The highest BCUT2D eigenvalue weighted by Crippen LogP contribution is 2.23. The zero-order valence-electron chi connectivity index (χ0n) is 9.29. The zero-order chi connectivity index (χ0) is 13.2. The Morgan fingerprint density at radius 3 is 2.83 bits per heavy atom. The van der Waals surface area contributed by atoms with Crippen LogP contribution in [0.4, 0.5) is 5.69 Å². The van der Waals surface area contributed by atoms with Gasteiger partial charge < -0.3 is 10.8 Å². The van der Waals surface area contributed by atoms with Crippen molar-refractivity contribution >= 4 is 15.7 Å². The Kier molecular flexibility index (Phi) is 3.21. The van der Waals surface area contributed by atoms with E-state index in [1.807, 2.05) is 0 Å². The number of nitrogens with zero attached hydrogens (tertiary/aromatic N) is 1. The van der Waals surface area contributed by atoms with Crippen LogP contribution in [0.1, 0.15) is 5.56 Å². The number of hydrogen-bond donors (Lipinski definition) is 4. The standard InChI is InChI=1S/C10H12N4O3S/c11-9-3-8(1-2-10(9)15)18(16,17)14-6-7-4-12-13-5-7/h1-5,14-15H,6,11H2,(H,12,13). The topological polar surface area (TPSA) is 121 Å². The van der Waals surface area contributed by atoms with E-state index in [-0.39, 0.29) is 22.9 Å². The van der Waals surface area contributed by atoms with E-state index in [0.29, 0.717) is 5.56 Å². The molecule has 0 saturated carbocycles. The fourth-order valence-electron chi connectivity index (χ4n) is 1.34. The molecule has 96 valence electrons. The molecule has 1 aromatic carbocycles. The van der Waals surface area contributed by atoms with Gasteiger partial charge in [-0.1, -0.05) is 0 Å². The van der Waals surface area contributed by atoms with Crippen molar-refractivity contribution in [2.24, 2.45) is 0 Å². The molecule has 8 heteroatoms. The van der Waals surface area contributed by atoms with Crippen LogP contribution >= 0.6 is 0 Å². The third-order valence-corrected chi connectivity index (χ3v) is 3.73. The summed E-state index contributed by atoms with van der Waals surface area (Å²) in [7, 11) is -3.66. The quantitative estimate of drug-likeness (QED) is 0.465. The largest absolute Gasteiger partial charge is 0.506 e. The number of nitrogens with one attached hydrogen (secondary N) is 2. The predicted octanol–water partition coefficient (Wildman–Crippen LogP) is 0.176. The highest BCUT2D eigenvalue weighted by atomic mass is 32.2. The van der Waals surface area contributed by atoms with E-state index in [1.54, 1.807) is 6.20 Å². The van der Waals surface area contributed by atoms with E-state index < -0.39 is 10.0 Å². The number of H-pyrrole nitrogens is 1. The molecule has 5 N–H and O–H groups in total. The van der Waals surface area contributed by atoms with Crippen molar-refractivity contribution in [2.45, 2.75) is 11.4 Å². The van der Waals surface area contributed by atoms with Gasteiger partial charge in [0.2, 0.25) is 10.0 Å². The van der Waals surface area contributed by atoms with Gasteiger partial charge in [-0.15, -0.1) is 0 Å². The number of benzene rings is 1. The summed E-state index contributed by atoms with van der Waals surface area (Å²) in [6, 6.07) is 3.72. The number of aromatic amines is 1. The maximum absolute atomic E-state index is 11.9. The molecule has 0 atom stereocenters. The number of phenols is 1. The molecule has 0 aliphatic rings. The van der Waals surface area contributed by atoms with Crippen LogP contribution in [0.15, 0.2) is 35.5 Å². The third kappa shape index (κ3) is 2.60. The van der Waals surface area contributed by atoms with Gasteiger partial charge in [-0.3, -0.25) is 5.10 Å². The van der Waals surface area contributed by atoms with E-state index in [4.69, 9.17) is 5.73 Å². The van der Waals surface area contributed by atoms with Gasteiger partial charge in [0, 0.05) is 18.3 Å². The van der Waals surface area contributed by atoms with Crippen LogP contribution < -0.4 is 10.5 Å². The highest BCUT2D eigenvalue weighted by molar-refractivity contribution is 7.89. The lowest BCUT2D eigenvalue weighted by molar-refractivity contribution is 0.477. The highest BCUT2D eigenvalue weighted by Gasteiger charge is 2.15. The molecule has 0 aliphatic heterocycles. The van der Waals surface area contributed by atoms with Crippen molar-refractivity contribution in [1.29, 1.82) is 0 Å². The molecule has 0 bridgehead atoms. The lowest BCUT2D eigenvalue weighted by Crippen LogP contribution is -2.23. The summed E-state index contributed by atoms with van der Waals surface area (Å²) in [4.78, 5) is 0.00120. The number of rotatable bonds is 4. The molecule has 0 unspecified atom stereocenters. The summed E-state index contributed by atoms with van der Waals surface area (Å²) in [5.41, 5.74) is 6.18. The number of anilines is 1. The summed E-state index contributed by atoms with van der Waals surface area (Å²) in [6.07, 6.45) is 3.11. The Morgan fingerprint density at radius 2 is 2.22 bits per heavy atom. The number of phenolic OH excluding ortho intramolecular Hbond substituents is 1. The van der Waals surface area contributed by atoms with Crippen molar-refractivity contribution in [3.05, 3.63) is 36.2 Å². The maximum Gasteiger partial charge on any atom is 0.240 e. The second kappa shape index (κ2) is 4.67. The van der Waals surface area contributed by atoms with Crippen LogP contribution in [0.5, 0.6) is 5.75 Å². The van der Waals surface area contributed by atoms with E-state index in [9.17, 15) is 13.5 Å². The number of hydrogen-bond acceptors (Lipinski definition) is 5. The SMILES string of the molecule is Nc1cc(S(=O)(=O)NCc2cn[nH]c2)ccc1O. The molecule has 18 heavy (non-hydrogen) atoms. The number of sulfonamides is 1. The van der Waals surface area contributed by atoms with Gasteiger partial charge in [-0.2, -0.15) is 5.10 Å². The van der Waals surface area contributed by atoms with Gasteiger partial charge in [0.25, 0.3) is 0 Å². The van der Waals surface area contributed by atoms with E-state index in [1.165, 1.54) is 24.4 Å². The van der Waals surface area contributed by atoms with Gasteiger partial charge in [0.15, 0.2) is 0 Å². The second-order valence-corrected chi connectivity index (χ2v) is 5.42. The molecule has 0 radical (unpaired) electrons. The molecule has 2 aromatic rings. The molecular formula is C10H12N4O3S. The first-order valence-corrected chi connectivity index (χ1v) is 6.53. The molecule has 0 fully saturated rings. The van der Waals surface area contributed by atoms with Crippen LogP contribution in [-0.4, -0.2) is 23.7 Å². The molecule has 0 saturated heterocycles. The minimum absolute atomic E-state index is 0.00120. The van der Waals surface area contributed by atoms with Crippen molar-refractivity contribution in [3.63, 3.8) is 0 Å². The first kappa shape index (κ1) is 12.4. The van der Waals surface area contributed by atoms with Crippen molar-refractivity contribution in [2.75, 3.05) is 5.73 Å². The summed E-state index contributed by atoms with van der Waals surface area (Å²) < 4.78 is 26.2. The monoisotopic (exact) mass is 268 g/mol. The average Bonchev–Trinajstić information content (AvgIpc) is 2.83. The molecule has 0 aliphatic carbocycles.